The van der Waals surface area contributed by atoms with Crippen LogP contribution in [0.25, 0.3) is 15.7 Å². The second kappa shape index (κ2) is 6.14. The van der Waals surface area contributed by atoms with E-state index in [-0.39, 0.29) is 12.2 Å². The summed E-state index contributed by atoms with van der Waals surface area (Å²) in [5, 5.41) is 1.01. The van der Waals surface area contributed by atoms with E-state index < -0.39 is 5.97 Å². The molecule has 3 aromatic heterocycles. The average molecular weight is 350 g/mol. The molecular formula is C19H14N2O3S. The molecule has 6 heteroatoms. The number of hydrogen-bond acceptors (Lipinski definition) is 5. The summed E-state index contributed by atoms with van der Waals surface area (Å²) in [6, 6.07) is 14.6. The number of rotatable bonds is 3. The van der Waals surface area contributed by atoms with Crippen LogP contribution in [-0.2, 0) is 11.3 Å². The fourth-order valence-corrected chi connectivity index (χ4v) is 3.58. The van der Waals surface area contributed by atoms with E-state index >= 15 is 0 Å². The van der Waals surface area contributed by atoms with Gasteiger partial charge in [-0.1, -0.05) is 24.3 Å². The molecule has 0 amide bonds. The van der Waals surface area contributed by atoms with Gasteiger partial charge in [0.1, 0.15) is 17.1 Å². The molecule has 0 aliphatic heterocycles. The maximum atomic E-state index is 12.3. The van der Waals surface area contributed by atoms with Crippen LogP contribution in [0.15, 0.2) is 59.5 Å². The maximum Gasteiger partial charge on any atom is 0.348 e. The van der Waals surface area contributed by atoms with Crippen molar-refractivity contribution in [2.24, 2.45) is 0 Å². The summed E-state index contributed by atoms with van der Waals surface area (Å²) in [4.78, 5) is 29.3. The molecule has 5 nitrogen and oxygen atoms in total. The number of fused-ring (bicyclic) bond motifs is 2. The highest BCUT2D eigenvalue weighted by molar-refractivity contribution is 7.20. The lowest BCUT2D eigenvalue weighted by Gasteiger charge is -2.05. The zero-order chi connectivity index (χ0) is 17.4. The third-order valence-corrected chi connectivity index (χ3v) is 4.93. The summed E-state index contributed by atoms with van der Waals surface area (Å²) in [6.07, 6.45) is 1.73. The molecule has 0 N–H and O–H groups in total. The summed E-state index contributed by atoms with van der Waals surface area (Å²) < 4.78 is 7.85. The van der Waals surface area contributed by atoms with Crippen molar-refractivity contribution < 1.29 is 9.53 Å². The number of carbonyl (C=O) groups is 1. The van der Waals surface area contributed by atoms with Crippen LogP contribution in [0.4, 0.5) is 0 Å². The number of hydrogen-bond donors (Lipinski definition) is 0. The monoisotopic (exact) mass is 350 g/mol. The molecule has 0 atom stereocenters. The number of carbonyl (C=O) groups excluding carboxylic acids is 1. The molecule has 124 valence electrons. The van der Waals surface area contributed by atoms with E-state index in [0.29, 0.717) is 16.2 Å². The highest BCUT2D eigenvalue weighted by Crippen LogP contribution is 2.25. The van der Waals surface area contributed by atoms with Crippen LogP contribution >= 0.6 is 11.3 Å². The van der Waals surface area contributed by atoms with Crippen molar-refractivity contribution >= 4 is 33.0 Å². The Morgan fingerprint density at radius 1 is 1.20 bits per heavy atom. The van der Waals surface area contributed by atoms with Crippen molar-refractivity contribution in [3.63, 3.8) is 0 Å². The van der Waals surface area contributed by atoms with Crippen LogP contribution in [-0.4, -0.2) is 15.4 Å². The van der Waals surface area contributed by atoms with E-state index in [0.717, 1.165) is 15.6 Å². The molecule has 1 aromatic carbocycles. The van der Waals surface area contributed by atoms with Gasteiger partial charge >= 0.3 is 5.97 Å². The molecule has 0 spiro atoms. The lowest BCUT2D eigenvalue weighted by Crippen LogP contribution is -2.16. The summed E-state index contributed by atoms with van der Waals surface area (Å²) in [5.74, 6) is -0.410. The molecule has 25 heavy (non-hydrogen) atoms. The Hall–Kier alpha value is -2.99. The van der Waals surface area contributed by atoms with Gasteiger partial charge in [0, 0.05) is 17.0 Å². The van der Waals surface area contributed by atoms with Gasteiger partial charge < -0.3 is 4.74 Å². The summed E-state index contributed by atoms with van der Waals surface area (Å²) in [6.45, 7) is 1.87. The Labute approximate surface area is 147 Å². The molecule has 0 saturated heterocycles. The lowest BCUT2D eigenvalue weighted by molar-refractivity contribution is 0.0473. The van der Waals surface area contributed by atoms with E-state index in [1.54, 1.807) is 12.3 Å². The van der Waals surface area contributed by atoms with E-state index in [1.807, 2.05) is 43.3 Å². The summed E-state index contributed by atoms with van der Waals surface area (Å²) in [7, 11) is 0. The second-order valence-corrected chi connectivity index (χ2v) is 6.83. The lowest BCUT2D eigenvalue weighted by atomic mass is 10.2. The minimum atomic E-state index is -0.410. The number of ether oxygens (including phenoxy) is 1. The zero-order valence-corrected chi connectivity index (χ0v) is 14.2. The highest BCUT2D eigenvalue weighted by atomic mass is 32.1. The molecule has 4 rings (SSSR count). The van der Waals surface area contributed by atoms with Gasteiger partial charge in [0.05, 0.1) is 5.69 Å². The van der Waals surface area contributed by atoms with Crippen LogP contribution in [0.2, 0.25) is 0 Å². The van der Waals surface area contributed by atoms with Crippen molar-refractivity contribution in [3.8, 4) is 0 Å². The number of pyridine rings is 1. The van der Waals surface area contributed by atoms with Gasteiger partial charge in [-0.25, -0.2) is 9.78 Å². The number of esters is 1. The van der Waals surface area contributed by atoms with Crippen molar-refractivity contribution in [3.05, 3.63) is 81.2 Å². The number of nitrogens with zero attached hydrogens (tertiary/aromatic N) is 2. The van der Waals surface area contributed by atoms with Gasteiger partial charge in [-0.05, 0) is 36.1 Å². The topological polar surface area (TPSA) is 60.7 Å². The maximum absolute atomic E-state index is 12.3. The standard InChI is InChI=1S/C19H14N2O3S/c1-12-6-7-17-20-14(9-18(22)21(17)10-12)11-24-19(23)16-8-13-4-2-3-5-15(13)25-16/h2-10H,11H2,1H3. The predicted molar refractivity (Wildman–Crippen MR) is 97.1 cm³/mol. The van der Waals surface area contributed by atoms with Crippen molar-refractivity contribution in [2.45, 2.75) is 13.5 Å². The molecule has 3 heterocycles. The van der Waals surface area contributed by atoms with E-state index in [9.17, 15) is 9.59 Å². The summed E-state index contributed by atoms with van der Waals surface area (Å²) in [5.41, 5.74) is 1.75. The summed E-state index contributed by atoms with van der Waals surface area (Å²) >= 11 is 1.39. The molecule has 0 radical (unpaired) electrons. The Bertz CT molecular complexity index is 1130. The molecule has 0 aliphatic carbocycles. The Morgan fingerprint density at radius 2 is 2.04 bits per heavy atom. The molecule has 0 unspecified atom stereocenters. The normalized spacial score (nSPS) is 11.1. The first-order valence-corrected chi connectivity index (χ1v) is 8.56. The van der Waals surface area contributed by atoms with Crippen LogP contribution in [0.5, 0.6) is 0 Å². The number of aromatic nitrogens is 2. The second-order valence-electron chi connectivity index (χ2n) is 5.74. The average Bonchev–Trinajstić information content (AvgIpc) is 3.04. The zero-order valence-electron chi connectivity index (χ0n) is 13.4. The first-order chi connectivity index (χ1) is 12.1. The van der Waals surface area contributed by atoms with Gasteiger partial charge in [0.2, 0.25) is 0 Å². The molecule has 0 aliphatic rings. The smallest absolute Gasteiger partial charge is 0.348 e. The Balaban J connectivity index is 1.56. The van der Waals surface area contributed by atoms with Crippen molar-refractivity contribution in [1.82, 2.24) is 9.38 Å². The molecule has 4 aromatic rings. The van der Waals surface area contributed by atoms with Crippen molar-refractivity contribution in [1.29, 1.82) is 0 Å². The van der Waals surface area contributed by atoms with Gasteiger partial charge in [0.15, 0.2) is 0 Å². The van der Waals surface area contributed by atoms with E-state index in [2.05, 4.69) is 4.98 Å². The van der Waals surface area contributed by atoms with Gasteiger partial charge in [-0.3, -0.25) is 9.20 Å². The van der Waals surface area contributed by atoms with E-state index in [1.165, 1.54) is 21.8 Å². The number of benzene rings is 1. The predicted octanol–water partition coefficient (Wildman–Crippen LogP) is 3.57. The number of thiophene rings is 1. The molecular weight excluding hydrogens is 336 g/mol. The van der Waals surface area contributed by atoms with Gasteiger partial charge in [-0.15, -0.1) is 11.3 Å². The third-order valence-electron chi connectivity index (χ3n) is 3.84. The minimum absolute atomic E-state index is 0.0350. The SMILES string of the molecule is Cc1ccc2nc(COC(=O)c3cc4ccccc4s3)cc(=O)n2c1. The minimum Gasteiger partial charge on any atom is -0.455 e. The number of aryl methyl sites for hydroxylation is 1. The Morgan fingerprint density at radius 3 is 2.88 bits per heavy atom. The Kier molecular flexibility index (Phi) is 3.82. The van der Waals surface area contributed by atoms with Gasteiger partial charge in [0.25, 0.3) is 5.56 Å². The van der Waals surface area contributed by atoms with E-state index in [4.69, 9.17) is 4.74 Å². The first-order valence-electron chi connectivity index (χ1n) is 7.75. The van der Waals surface area contributed by atoms with Crippen LogP contribution in [0.1, 0.15) is 20.9 Å². The molecule has 0 bridgehead atoms. The fraction of sp³-hybridized carbons (Fsp3) is 0.105. The largest absolute Gasteiger partial charge is 0.455 e. The van der Waals surface area contributed by atoms with Crippen LogP contribution in [0.3, 0.4) is 0 Å². The van der Waals surface area contributed by atoms with Crippen molar-refractivity contribution in [2.75, 3.05) is 0 Å². The van der Waals surface area contributed by atoms with Gasteiger partial charge in [-0.2, -0.15) is 0 Å². The fourth-order valence-electron chi connectivity index (χ4n) is 2.63. The molecule has 0 fully saturated rings. The first kappa shape index (κ1) is 15.5. The van der Waals surface area contributed by atoms with Crippen LogP contribution < -0.4 is 5.56 Å². The quantitative estimate of drug-likeness (QED) is 0.530. The third kappa shape index (κ3) is 3.04. The van der Waals surface area contributed by atoms with Crippen LogP contribution in [0, 0.1) is 6.92 Å². The molecule has 0 saturated carbocycles. The highest BCUT2D eigenvalue weighted by Gasteiger charge is 2.12.